The van der Waals surface area contributed by atoms with Crippen LogP contribution in [-0.2, 0) is 9.59 Å². The predicted molar refractivity (Wildman–Crippen MR) is 75.9 cm³/mol. The summed E-state index contributed by atoms with van der Waals surface area (Å²) in [5.74, 6) is 0.606. The van der Waals surface area contributed by atoms with Crippen LogP contribution in [0.25, 0.3) is 0 Å². The molecule has 2 saturated carbocycles. The van der Waals surface area contributed by atoms with E-state index in [2.05, 4.69) is 17.6 Å². The number of amides is 2. The molecule has 2 atom stereocenters. The summed E-state index contributed by atoms with van der Waals surface area (Å²) in [6.45, 7) is 2.77. The summed E-state index contributed by atoms with van der Waals surface area (Å²) in [6, 6.07) is 0. The Morgan fingerprint density at radius 2 is 1.85 bits per heavy atom. The topological polar surface area (TPSA) is 78.4 Å². The lowest BCUT2D eigenvalue weighted by Gasteiger charge is -2.32. The van der Waals surface area contributed by atoms with Crippen molar-refractivity contribution >= 4 is 11.8 Å². The zero-order chi connectivity index (χ0) is 14.6. The van der Waals surface area contributed by atoms with Crippen LogP contribution in [0, 0.1) is 11.8 Å². The summed E-state index contributed by atoms with van der Waals surface area (Å²) in [5.41, 5.74) is -0.722. The van der Waals surface area contributed by atoms with Gasteiger partial charge in [0.1, 0.15) is 0 Å². The Morgan fingerprint density at radius 1 is 1.20 bits per heavy atom. The normalized spacial score (nSPS) is 27.7. The third-order valence-electron chi connectivity index (χ3n) is 4.50. The average molecular weight is 282 g/mol. The van der Waals surface area contributed by atoms with E-state index in [9.17, 15) is 14.7 Å². The van der Waals surface area contributed by atoms with Crippen molar-refractivity contribution < 1.29 is 14.7 Å². The third kappa shape index (κ3) is 4.47. The van der Waals surface area contributed by atoms with Crippen molar-refractivity contribution in [1.82, 2.24) is 10.6 Å². The molecule has 0 radical (unpaired) electrons. The fourth-order valence-electron chi connectivity index (χ4n) is 2.86. The maximum absolute atomic E-state index is 11.7. The summed E-state index contributed by atoms with van der Waals surface area (Å²) in [5, 5.41) is 15.8. The molecule has 2 unspecified atom stereocenters. The van der Waals surface area contributed by atoms with E-state index >= 15 is 0 Å². The van der Waals surface area contributed by atoms with Crippen molar-refractivity contribution in [2.45, 2.75) is 57.5 Å². The van der Waals surface area contributed by atoms with Crippen LogP contribution in [-0.4, -0.2) is 35.6 Å². The Morgan fingerprint density at radius 3 is 2.45 bits per heavy atom. The van der Waals surface area contributed by atoms with E-state index in [1.807, 2.05) is 0 Å². The van der Waals surface area contributed by atoms with Crippen molar-refractivity contribution in [2.75, 3.05) is 13.1 Å². The molecule has 2 rings (SSSR count). The first-order valence-electron chi connectivity index (χ1n) is 7.77. The minimum atomic E-state index is -0.722. The van der Waals surface area contributed by atoms with Gasteiger partial charge in [-0.1, -0.05) is 26.2 Å². The number of aliphatic hydroxyl groups is 1. The molecule has 0 bridgehead atoms. The van der Waals surface area contributed by atoms with Crippen molar-refractivity contribution in [1.29, 1.82) is 0 Å². The highest BCUT2D eigenvalue weighted by Gasteiger charge is 2.38. The first-order chi connectivity index (χ1) is 9.50. The number of hydrogen-bond acceptors (Lipinski definition) is 3. The van der Waals surface area contributed by atoms with E-state index in [4.69, 9.17) is 0 Å². The summed E-state index contributed by atoms with van der Waals surface area (Å²) >= 11 is 0. The first-order valence-corrected chi connectivity index (χ1v) is 7.77. The highest BCUT2D eigenvalue weighted by Crippen LogP contribution is 2.37. The lowest BCUT2D eigenvalue weighted by Crippen LogP contribution is -2.44. The Balaban J connectivity index is 1.57. The zero-order valence-corrected chi connectivity index (χ0v) is 12.3. The third-order valence-corrected chi connectivity index (χ3v) is 4.50. The average Bonchev–Trinajstić information content (AvgIpc) is 3.15. The first kappa shape index (κ1) is 15.3. The van der Waals surface area contributed by atoms with Crippen molar-refractivity contribution in [2.24, 2.45) is 11.8 Å². The van der Waals surface area contributed by atoms with Crippen LogP contribution < -0.4 is 10.6 Å². The Bertz CT molecular complexity index is 364. The van der Waals surface area contributed by atoms with Gasteiger partial charge in [0, 0.05) is 25.4 Å². The van der Waals surface area contributed by atoms with Crippen molar-refractivity contribution in [3.8, 4) is 0 Å². The van der Waals surface area contributed by atoms with E-state index in [0.29, 0.717) is 19.0 Å². The summed E-state index contributed by atoms with van der Waals surface area (Å²) in [6.07, 6.45) is 6.01. The largest absolute Gasteiger partial charge is 0.388 e. The lowest BCUT2D eigenvalue weighted by atomic mass is 9.85. The molecule has 2 amide bonds. The summed E-state index contributed by atoms with van der Waals surface area (Å²) in [4.78, 5) is 23.3. The number of rotatable bonds is 6. The van der Waals surface area contributed by atoms with Gasteiger partial charge in [0.15, 0.2) is 0 Å². The predicted octanol–water partition coefficient (Wildman–Crippen LogP) is 0.960. The number of hydrogen-bond donors (Lipinski definition) is 3. The molecule has 0 aliphatic heterocycles. The molecule has 114 valence electrons. The molecule has 5 nitrogen and oxygen atoms in total. The van der Waals surface area contributed by atoms with E-state index < -0.39 is 5.60 Å². The molecule has 2 aliphatic rings. The van der Waals surface area contributed by atoms with Gasteiger partial charge in [-0.05, 0) is 25.2 Å². The van der Waals surface area contributed by atoms with Gasteiger partial charge >= 0.3 is 0 Å². The van der Waals surface area contributed by atoms with Gasteiger partial charge in [-0.25, -0.2) is 0 Å². The number of carbonyl (C=O) groups excluding carboxylic acids is 2. The van der Waals surface area contributed by atoms with Crippen molar-refractivity contribution in [3.05, 3.63) is 0 Å². The number of carbonyl (C=O) groups is 2. The van der Waals surface area contributed by atoms with Gasteiger partial charge in [-0.2, -0.15) is 0 Å². The molecule has 0 aromatic rings. The quantitative estimate of drug-likeness (QED) is 0.679. The van der Waals surface area contributed by atoms with E-state index in [1.165, 1.54) is 6.42 Å². The van der Waals surface area contributed by atoms with E-state index in [1.54, 1.807) is 0 Å². The van der Waals surface area contributed by atoms with E-state index in [0.717, 1.165) is 32.1 Å². The molecule has 2 aliphatic carbocycles. The summed E-state index contributed by atoms with van der Waals surface area (Å²) < 4.78 is 0. The molecule has 0 spiro atoms. The molecule has 0 aromatic carbocycles. The fourth-order valence-corrected chi connectivity index (χ4v) is 2.86. The Kier molecular flexibility index (Phi) is 5.02. The van der Waals surface area contributed by atoms with Crippen LogP contribution >= 0.6 is 0 Å². The SMILES string of the molecule is CC1CC1C(=O)NCCC(=O)NCC1(O)CCCCC1. The minimum absolute atomic E-state index is 0.0659. The molecule has 20 heavy (non-hydrogen) atoms. The standard InChI is InChI=1S/C15H26N2O3/c1-11-9-12(11)14(19)16-8-5-13(18)17-10-15(20)6-3-2-4-7-15/h11-12,20H,2-10H2,1H3,(H,16,19)(H,17,18). The van der Waals surface area contributed by atoms with Crippen LogP contribution in [0.4, 0.5) is 0 Å². The second-order valence-corrected chi connectivity index (χ2v) is 6.42. The highest BCUT2D eigenvalue weighted by atomic mass is 16.3. The fraction of sp³-hybridized carbons (Fsp3) is 0.867. The maximum atomic E-state index is 11.7. The Labute approximate surface area is 120 Å². The van der Waals surface area contributed by atoms with E-state index in [-0.39, 0.29) is 24.2 Å². The molecule has 0 heterocycles. The second kappa shape index (κ2) is 6.57. The van der Waals surface area contributed by atoms with Gasteiger partial charge in [-0.15, -0.1) is 0 Å². The van der Waals surface area contributed by atoms with Gasteiger partial charge in [-0.3, -0.25) is 9.59 Å². The second-order valence-electron chi connectivity index (χ2n) is 6.42. The van der Waals surface area contributed by atoms with Crippen LogP contribution in [0.15, 0.2) is 0 Å². The van der Waals surface area contributed by atoms with Gasteiger partial charge in [0.25, 0.3) is 0 Å². The van der Waals surface area contributed by atoms with Crippen LogP contribution in [0.3, 0.4) is 0 Å². The van der Waals surface area contributed by atoms with Crippen LogP contribution in [0.2, 0.25) is 0 Å². The molecule has 0 saturated heterocycles. The number of nitrogens with one attached hydrogen (secondary N) is 2. The highest BCUT2D eigenvalue weighted by molar-refractivity contribution is 5.82. The van der Waals surface area contributed by atoms with Crippen LogP contribution in [0.1, 0.15) is 51.9 Å². The molecule has 3 N–H and O–H groups in total. The zero-order valence-electron chi connectivity index (χ0n) is 12.3. The van der Waals surface area contributed by atoms with Gasteiger partial charge in [0.05, 0.1) is 5.60 Å². The molecular weight excluding hydrogens is 256 g/mol. The van der Waals surface area contributed by atoms with Gasteiger partial charge in [0.2, 0.25) is 11.8 Å². The molecule has 0 aromatic heterocycles. The smallest absolute Gasteiger partial charge is 0.223 e. The van der Waals surface area contributed by atoms with Crippen molar-refractivity contribution in [3.63, 3.8) is 0 Å². The molecular formula is C15H26N2O3. The molecule has 5 heteroatoms. The van der Waals surface area contributed by atoms with Crippen LogP contribution in [0.5, 0.6) is 0 Å². The maximum Gasteiger partial charge on any atom is 0.223 e. The Hall–Kier alpha value is -1.10. The lowest BCUT2D eigenvalue weighted by molar-refractivity contribution is -0.124. The summed E-state index contributed by atoms with van der Waals surface area (Å²) in [7, 11) is 0. The minimum Gasteiger partial charge on any atom is -0.388 e. The monoisotopic (exact) mass is 282 g/mol. The van der Waals surface area contributed by atoms with Gasteiger partial charge < -0.3 is 15.7 Å². The molecule has 2 fully saturated rings.